The van der Waals surface area contributed by atoms with E-state index in [2.05, 4.69) is 42.3 Å². The number of hydrogen-bond donors (Lipinski definition) is 1. The summed E-state index contributed by atoms with van der Waals surface area (Å²) in [5, 5.41) is 5.39. The zero-order valence-corrected chi connectivity index (χ0v) is 15.4. The second-order valence-corrected chi connectivity index (χ2v) is 6.93. The lowest BCUT2D eigenvalue weighted by Gasteiger charge is -2.02. The van der Waals surface area contributed by atoms with Crippen LogP contribution in [0.2, 0.25) is 0 Å². The second-order valence-electron chi connectivity index (χ2n) is 6.07. The van der Waals surface area contributed by atoms with Crippen LogP contribution in [0.4, 0.5) is 5.13 Å². The molecule has 0 fully saturated rings. The predicted molar refractivity (Wildman–Crippen MR) is 106 cm³/mol. The van der Waals surface area contributed by atoms with Gasteiger partial charge in [-0.1, -0.05) is 42.0 Å². The van der Waals surface area contributed by atoms with Crippen molar-refractivity contribution in [2.24, 2.45) is 0 Å². The number of aryl methyl sites for hydroxylation is 3. The summed E-state index contributed by atoms with van der Waals surface area (Å²) in [4.78, 5) is 16.6. The fourth-order valence-electron chi connectivity index (χ4n) is 2.36. The molecule has 0 bridgehead atoms. The van der Waals surface area contributed by atoms with E-state index < -0.39 is 0 Å². The zero-order valence-electron chi connectivity index (χ0n) is 14.5. The zero-order chi connectivity index (χ0) is 17.8. The van der Waals surface area contributed by atoms with Crippen molar-refractivity contribution >= 4 is 28.5 Å². The Balaban J connectivity index is 1.67. The molecule has 4 heteroatoms. The third-order valence-electron chi connectivity index (χ3n) is 4.04. The van der Waals surface area contributed by atoms with Gasteiger partial charge in [0.25, 0.3) is 0 Å². The summed E-state index contributed by atoms with van der Waals surface area (Å²) in [5.41, 5.74) is 6.63. The molecular formula is C21H20N2OS. The monoisotopic (exact) mass is 348 g/mol. The smallest absolute Gasteiger partial charge is 0.250 e. The van der Waals surface area contributed by atoms with Gasteiger partial charge in [-0.25, -0.2) is 4.98 Å². The first-order valence-corrected chi connectivity index (χ1v) is 8.98. The molecule has 0 saturated carbocycles. The van der Waals surface area contributed by atoms with E-state index in [-0.39, 0.29) is 5.91 Å². The Kier molecular flexibility index (Phi) is 5.10. The molecule has 1 heterocycles. The van der Waals surface area contributed by atoms with E-state index >= 15 is 0 Å². The lowest BCUT2D eigenvalue weighted by atomic mass is 10.1. The van der Waals surface area contributed by atoms with Crippen LogP contribution in [0, 0.1) is 20.8 Å². The van der Waals surface area contributed by atoms with Crippen molar-refractivity contribution in [3.05, 3.63) is 76.2 Å². The van der Waals surface area contributed by atoms with Gasteiger partial charge in [0.05, 0.1) is 5.69 Å². The van der Waals surface area contributed by atoms with Crippen LogP contribution in [0.15, 0.2) is 53.9 Å². The van der Waals surface area contributed by atoms with Gasteiger partial charge in [0.2, 0.25) is 5.91 Å². The van der Waals surface area contributed by atoms with Gasteiger partial charge < -0.3 is 0 Å². The van der Waals surface area contributed by atoms with Gasteiger partial charge in [-0.15, -0.1) is 11.3 Å². The third kappa shape index (κ3) is 4.43. The molecule has 3 rings (SSSR count). The van der Waals surface area contributed by atoms with E-state index in [1.54, 1.807) is 6.08 Å². The Morgan fingerprint density at radius 2 is 1.80 bits per heavy atom. The van der Waals surface area contributed by atoms with Crippen molar-refractivity contribution in [2.75, 3.05) is 5.32 Å². The minimum Gasteiger partial charge on any atom is -0.298 e. The van der Waals surface area contributed by atoms with Crippen molar-refractivity contribution in [3.8, 4) is 11.3 Å². The number of amides is 1. The molecule has 3 aromatic rings. The van der Waals surface area contributed by atoms with Crippen molar-refractivity contribution in [1.29, 1.82) is 0 Å². The fraction of sp³-hybridized carbons (Fsp3) is 0.143. The van der Waals surface area contributed by atoms with E-state index in [4.69, 9.17) is 0 Å². The van der Waals surface area contributed by atoms with E-state index in [1.807, 2.05) is 36.6 Å². The molecule has 1 amide bonds. The van der Waals surface area contributed by atoms with Crippen LogP contribution in [-0.2, 0) is 4.79 Å². The summed E-state index contributed by atoms with van der Waals surface area (Å²) >= 11 is 1.43. The molecule has 0 unspecified atom stereocenters. The molecule has 126 valence electrons. The number of hydrogen-bond acceptors (Lipinski definition) is 3. The van der Waals surface area contributed by atoms with Crippen LogP contribution in [0.1, 0.15) is 22.3 Å². The van der Waals surface area contributed by atoms with Crippen LogP contribution in [0.5, 0.6) is 0 Å². The molecule has 0 aliphatic heterocycles. The number of nitrogens with zero attached hydrogens (tertiary/aromatic N) is 1. The molecule has 1 aromatic heterocycles. The Morgan fingerprint density at radius 1 is 1.04 bits per heavy atom. The predicted octanol–water partition coefficient (Wildman–Crippen LogP) is 5.39. The summed E-state index contributed by atoms with van der Waals surface area (Å²) in [7, 11) is 0. The number of benzene rings is 2. The molecule has 0 atom stereocenters. The van der Waals surface area contributed by atoms with Gasteiger partial charge in [0, 0.05) is 17.0 Å². The van der Waals surface area contributed by atoms with Crippen LogP contribution >= 0.6 is 11.3 Å². The maximum absolute atomic E-state index is 12.1. The van der Waals surface area contributed by atoms with Gasteiger partial charge in [-0.3, -0.25) is 10.1 Å². The highest BCUT2D eigenvalue weighted by Crippen LogP contribution is 2.26. The number of nitrogens with one attached hydrogen (secondary N) is 1. The Bertz CT molecular complexity index is 923. The first-order valence-electron chi connectivity index (χ1n) is 8.10. The Morgan fingerprint density at radius 3 is 2.52 bits per heavy atom. The Hall–Kier alpha value is -2.72. The lowest BCUT2D eigenvalue weighted by Crippen LogP contribution is -2.07. The quantitative estimate of drug-likeness (QED) is 0.643. The molecule has 0 radical (unpaired) electrons. The minimum atomic E-state index is -0.179. The molecule has 25 heavy (non-hydrogen) atoms. The average Bonchev–Trinajstić information content (AvgIpc) is 3.05. The summed E-state index contributed by atoms with van der Waals surface area (Å²) in [6, 6.07) is 14.3. The van der Waals surface area contributed by atoms with Gasteiger partial charge in [-0.2, -0.15) is 0 Å². The fourth-order valence-corrected chi connectivity index (χ4v) is 3.08. The average molecular weight is 348 g/mol. The first kappa shape index (κ1) is 17.1. The van der Waals surface area contributed by atoms with E-state index in [9.17, 15) is 4.79 Å². The van der Waals surface area contributed by atoms with Gasteiger partial charge in [-0.05, 0) is 49.6 Å². The van der Waals surface area contributed by atoms with Gasteiger partial charge >= 0.3 is 0 Å². The number of anilines is 1. The molecule has 0 aliphatic rings. The maximum atomic E-state index is 12.1. The third-order valence-corrected chi connectivity index (χ3v) is 4.80. The summed E-state index contributed by atoms with van der Waals surface area (Å²) in [5.74, 6) is -0.179. The second kappa shape index (κ2) is 7.45. The SMILES string of the molecule is Cc1ccc(C=CC(=O)Nc2nc(-c3ccc(C)c(C)c3)cs2)cc1. The van der Waals surface area contributed by atoms with E-state index in [0.717, 1.165) is 16.8 Å². The molecule has 3 nitrogen and oxygen atoms in total. The topological polar surface area (TPSA) is 42.0 Å². The summed E-state index contributed by atoms with van der Waals surface area (Å²) < 4.78 is 0. The highest BCUT2D eigenvalue weighted by atomic mass is 32.1. The summed E-state index contributed by atoms with van der Waals surface area (Å²) in [6.45, 7) is 6.21. The Labute approximate surface area is 152 Å². The molecular weight excluding hydrogens is 328 g/mol. The number of rotatable bonds is 4. The summed E-state index contributed by atoms with van der Waals surface area (Å²) in [6.07, 6.45) is 3.33. The van der Waals surface area contributed by atoms with Gasteiger partial charge in [0.1, 0.15) is 0 Å². The van der Waals surface area contributed by atoms with Crippen LogP contribution < -0.4 is 5.32 Å². The highest BCUT2D eigenvalue weighted by Gasteiger charge is 2.07. The van der Waals surface area contributed by atoms with Crippen molar-refractivity contribution in [2.45, 2.75) is 20.8 Å². The van der Waals surface area contributed by atoms with E-state index in [0.29, 0.717) is 5.13 Å². The van der Waals surface area contributed by atoms with Gasteiger partial charge in [0.15, 0.2) is 5.13 Å². The molecule has 1 N–H and O–H groups in total. The number of aromatic nitrogens is 1. The van der Waals surface area contributed by atoms with Crippen molar-refractivity contribution in [3.63, 3.8) is 0 Å². The highest BCUT2D eigenvalue weighted by molar-refractivity contribution is 7.14. The molecule has 0 aliphatic carbocycles. The molecule has 0 saturated heterocycles. The number of carbonyl (C=O) groups excluding carboxylic acids is 1. The van der Waals surface area contributed by atoms with Crippen molar-refractivity contribution < 1.29 is 4.79 Å². The number of carbonyl (C=O) groups is 1. The largest absolute Gasteiger partial charge is 0.298 e. The van der Waals surface area contributed by atoms with Crippen LogP contribution in [0.25, 0.3) is 17.3 Å². The first-order chi connectivity index (χ1) is 12.0. The molecule has 2 aromatic carbocycles. The maximum Gasteiger partial charge on any atom is 0.250 e. The molecule has 0 spiro atoms. The number of thiazole rings is 1. The minimum absolute atomic E-state index is 0.179. The van der Waals surface area contributed by atoms with Crippen LogP contribution in [0.3, 0.4) is 0 Å². The lowest BCUT2D eigenvalue weighted by molar-refractivity contribution is -0.111. The van der Waals surface area contributed by atoms with Crippen LogP contribution in [-0.4, -0.2) is 10.9 Å². The standard InChI is InChI=1S/C21H20N2OS/c1-14-4-7-17(8-5-14)9-11-20(24)23-21-22-19(13-25-21)18-10-6-15(2)16(3)12-18/h4-13H,1-3H3,(H,22,23,24). The normalized spacial score (nSPS) is 11.0. The van der Waals surface area contributed by atoms with Crippen molar-refractivity contribution in [1.82, 2.24) is 4.98 Å². The van der Waals surface area contributed by atoms with E-state index in [1.165, 1.54) is 34.1 Å².